The quantitative estimate of drug-likeness (QED) is 0.584. The number of hydrogen-bond acceptors (Lipinski definition) is 7. The molecule has 0 aliphatic carbocycles. The summed E-state index contributed by atoms with van der Waals surface area (Å²) >= 11 is 1.28. The van der Waals surface area contributed by atoms with Crippen LogP contribution in [0.15, 0.2) is 54.0 Å². The molecule has 8 nitrogen and oxygen atoms in total. The fourth-order valence-corrected chi connectivity index (χ4v) is 3.86. The van der Waals surface area contributed by atoms with Crippen molar-refractivity contribution < 1.29 is 19.1 Å². The molecule has 2 aromatic carbocycles. The second-order valence-corrected chi connectivity index (χ2v) is 8.40. The van der Waals surface area contributed by atoms with Gasteiger partial charge in [0.15, 0.2) is 6.61 Å². The fourth-order valence-electron chi connectivity index (χ4n) is 3.41. The summed E-state index contributed by atoms with van der Waals surface area (Å²) in [6.07, 6.45) is 1.23. The summed E-state index contributed by atoms with van der Waals surface area (Å²) in [7, 11) is 0. The molecule has 4 rings (SSSR count). The van der Waals surface area contributed by atoms with Gasteiger partial charge in [0, 0.05) is 19.0 Å². The lowest BCUT2D eigenvalue weighted by molar-refractivity contribution is -0.136. The maximum atomic E-state index is 12.5. The van der Waals surface area contributed by atoms with Gasteiger partial charge in [-0.1, -0.05) is 29.0 Å². The minimum absolute atomic E-state index is 0.0419. The molecule has 1 aromatic heterocycles. The SMILES string of the molecule is Cc1ccc(Oc2ccc(OCC(=O)N3CCC(C(=O)Nc4nncs4)CC3)cc2)cc1. The van der Waals surface area contributed by atoms with Gasteiger partial charge in [0.1, 0.15) is 22.8 Å². The second kappa shape index (κ2) is 10.2. The third kappa shape index (κ3) is 5.82. The van der Waals surface area contributed by atoms with E-state index in [4.69, 9.17) is 9.47 Å². The monoisotopic (exact) mass is 452 g/mol. The molecule has 1 saturated heterocycles. The van der Waals surface area contributed by atoms with Crippen molar-refractivity contribution in [2.45, 2.75) is 19.8 Å². The molecule has 1 N–H and O–H groups in total. The number of carbonyl (C=O) groups is 2. The van der Waals surface area contributed by atoms with Gasteiger partial charge in [-0.2, -0.15) is 0 Å². The molecule has 1 fully saturated rings. The van der Waals surface area contributed by atoms with Gasteiger partial charge in [0.25, 0.3) is 5.91 Å². The maximum absolute atomic E-state index is 12.5. The molecule has 3 aromatic rings. The lowest BCUT2D eigenvalue weighted by atomic mass is 9.96. The molecular weight excluding hydrogens is 428 g/mol. The Morgan fingerprint density at radius 1 is 1.03 bits per heavy atom. The van der Waals surface area contributed by atoms with Gasteiger partial charge in [-0.15, -0.1) is 10.2 Å². The topological polar surface area (TPSA) is 93.7 Å². The van der Waals surface area contributed by atoms with E-state index in [9.17, 15) is 9.59 Å². The average molecular weight is 453 g/mol. The van der Waals surface area contributed by atoms with E-state index < -0.39 is 0 Å². The van der Waals surface area contributed by atoms with E-state index in [1.54, 1.807) is 22.5 Å². The smallest absolute Gasteiger partial charge is 0.260 e. The zero-order valence-electron chi connectivity index (χ0n) is 17.7. The van der Waals surface area contributed by atoms with Gasteiger partial charge in [0.2, 0.25) is 11.0 Å². The average Bonchev–Trinajstić information content (AvgIpc) is 3.33. The van der Waals surface area contributed by atoms with Crippen LogP contribution in [0.3, 0.4) is 0 Å². The largest absolute Gasteiger partial charge is 0.484 e. The summed E-state index contributed by atoms with van der Waals surface area (Å²) in [6, 6.07) is 15.0. The summed E-state index contributed by atoms with van der Waals surface area (Å²) in [5, 5.41) is 10.8. The number of nitrogens with zero attached hydrogens (tertiary/aromatic N) is 3. The molecule has 0 spiro atoms. The molecule has 9 heteroatoms. The Balaban J connectivity index is 1.20. The van der Waals surface area contributed by atoms with Crippen molar-refractivity contribution in [3.63, 3.8) is 0 Å². The first-order valence-corrected chi connectivity index (χ1v) is 11.3. The van der Waals surface area contributed by atoms with Crippen LogP contribution in [0.2, 0.25) is 0 Å². The van der Waals surface area contributed by atoms with Gasteiger partial charge < -0.3 is 19.7 Å². The molecule has 1 aliphatic heterocycles. The molecule has 0 saturated carbocycles. The molecule has 32 heavy (non-hydrogen) atoms. The van der Waals surface area contributed by atoms with Crippen LogP contribution in [0, 0.1) is 12.8 Å². The van der Waals surface area contributed by atoms with E-state index in [0.717, 1.165) is 5.75 Å². The number of piperidine rings is 1. The summed E-state index contributed by atoms with van der Waals surface area (Å²) < 4.78 is 11.4. The predicted octanol–water partition coefficient (Wildman–Crippen LogP) is 3.89. The van der Waals surface area contributed by atoms with E-state index in [-0.39, 0.29) is 24.3 Å². The third-order valence-electron chi connectivity index (χ3n) is 5.25. The zero-order valence-corrected chi connectivity index (χ0v) is 18.5. The highest BCUT2D eigenvalue weighted by atomic mass is 32.1. The number of ether oxygens (including phenoxy) is 2. The zero-order chi connectivity index (χ0) is 22.3. The maximum Gasteiger partial charge on any atom is 0.260 e. The number of aromatic nitrogens is 2. The molecule has 2 heterocycles. The highest BCUT2D eigenvalue weighted by Crippen LogP contribution is 2.24. The Morgan fingerprint density at radius 3 is 2.28 bits per heavy atom. The molecule has 0 atom stereocenters. The van der Waals surface area contributed by atoms with E-state index in [0.29, 0.717) is 42.6 Å². The van der Waals surface area contributed by atoms with Crippen LogP contribution in [0.25, 0.3) is 0 Å². The van der Waals surface area contributed by atoms with Gasteiger partial charge >= 0.3 is 0 Å². The van der Waals surface area contributed by atoms with Crippen molar-refractivity contribution in [3.05, 3.63) is 59.6 Å². The van der Waals surface area contributed by atoms with E-state index in [1.807, 2.05) is 43.3 Å². The van der Waals surface area contributed by atoms with Gasteiger partial charge in [0.05, 0.1) is 0 Å². The number of anilines is 1. The highest BCUT2D eigenvalue weighted by molar-refractivity contribution is 7.13. The van der Waals surface area contributed by atoms with Crippen LogP contribution >= 0.6 is 11.3 Å². The molecular formula is C23H24N4O4S. The van der Waals surface area contributed by atoms with Gasteiger partial charge in [-0.05, 0) is 56.2 Å². The number of nitrogens with one attached hydrogen (secondary N) is 1. The highest BCUT2D eigenvalue weighted by Gasteiger charge is 2.28. The lowest BCUT2D eigenvalue weighted by Crippen LogP contribution is -2.43. The molecule has 0 bridgehead atoms. The Kier molecular flexibility index (Phi) is 6.96. The molecule has 1 aliphatic rings. The molecule has 0 radical (unpaired) electrons. The second-order valence-electron chi connectivity index (χ2n) is 7.56. The fraction of sp³-hybridized carbons (Fsp3) is 0.304. The number of hydrogen-bond donors (Lipinski definition) is 1. The molecule has 0 unspecified atom stereocenters. The van der Waals surface area contributed by atoms with Crippen LogP contribution in [-0.2, 0) is 9.59 Å². The third-order valence-corrected chi connectivity index (χ3v) is 5.86. The summed E-state index contributed by atoms with van der Waals surface area (Å²) in [4.78, 5) is 26.5. The van der Waals surface area contributed by atoms with Gasteiger partial charge in [-0.25, -0.2) is 0 Å². The molecule has 166 valence electrons. The van der Waals surface area contributed by atoms with E-state index >= 15 is 0 Å². The number of likely N-dealkylation sites (tertiary alicyclic amines) is 1. The first-order valence-electron chi connectivity index (χ1n) is 10.4. The number of benzene rings is 2. The first-order chi connectivity index (χ1) is 15.6. The van der Waals surface area contributed by atoms with Crippen molar-refractivity contribution in [1.82, 2.24) is 15.1 Å². The number of aryl methyl sites for hydroxylation is 1. The normalized spacial score (nSPS) is 14.1. The number of rotatable bonds is 7. The Labute approximate surface area is 190 Å². The standard InChI is InChI=1S/C23H24N4O4S/c1-16-2-4-19(5-3-16)31-20-8-6-18(7-9-20)30-14-21(28)27-12-10-17(11-13-27)22(29)25-23-26-24-15-32-23/h2-9,15,17H,10-14H2,1H3,(H,25,26,29). The molecule has 2 amide bonds. The van der Waals surface area contributed by atoms with Crippen molar-refractivity contribution in [2.75, 3.05) is 25.0 Å². The Hall–Kier alpha value is -3.46. The minimum Gasteiger partial charge on any atom is -0.484 e. The van der Waals surface area contributed by atoms with Crippen molar-refractivity contribution >= 4 is 28.3 Å². The van der Waals surface area contributed by atoms with Gasteiger partial charge in [-0.3, -0.25) is 9.59 Å². The predicted molar refractivity (Wildman–Crippen MR) is 121 cm³/mol. The first kappa shape index (κ1) is 21.8. The summed E-state index contributed by atoms with van der Waals surface area (Å²) in [5.41, 5.74) is 2.74. The lowest BCUT2D eigenvalue weighted by Gasteiger charge is -2.31. The summed E-state index contributed by atoms with van der Waals surface area (Å²) in [5.74, 6) is 1.76. The van der Waals surface area contributed by atoms with Crippen LogP contribution in [0.4, 0.5) is 5.13 Å². The number of carbonyl (C=O) groups excluding carboxylic acids is 2. The van der Waals surface area contributed by atoms with Crippen molar-refractivity contribution in [2.24, 2.45) is 5.92 Å². The summed E-state index contributed by atoms with van der Waals surface area (Å²) in [6.45, 7) is 3.04. The minimum atomic E-state index is -0.134. The van der Waals surface area contributed by atoms with E-state index in [2.05, 4.69) is 15.5 Å². The Morgan fingerprint density at radius 2 is 1.66 bits per heavy atom. The van der Waals surface area contributed by atoms with Crippen molar-refractivity contribution in [3.8, 4) is 17.2 Å². The van der Waals surface area contributed by atoms with E-state index in [1.165, 1.54) is 16.9 Å². The van der Waals surface area contributed by atoms with Crippen LogP contribution < -0.4 is 14.8 Å². The number of amides is 2. The van der Waals surface area contributed by atoms with Crippen LogP contribution in [0.1, 0.15) is 18.4 Å². The van der Waals surface area contributed by atoms with Crippen LogP contribution in [-0.4, -0.2) is 46.6 Å². The van der Waals surface area contributed by atoms with Crippen LogP contribution in [0.5, 0.6) is 17.2 Å². The Bertz CT molecular complexity index is 1030. The van der Waals surface area contributed by atoms with Crippen molar-refractivity contribution in [1.29, 1.82) is 0 Å².